The molecule has 1 saturated heterocycles. The van der Waals surface area contributed by atoms with E-state index in [0.29, 0.717) is 25.6 Å². The number of nitrogens with two attached hydrogens (primary N) is 1. The maximum Gasteiger partial charge on any atom is 0.267 e. The van der Waals surface area contributed by atoms with Gasteiger partial charge in [-0.2, -0.15) is 0 Å². The highest BCUT2D eigenvalue weighted by molar-refractivity contribution is 7.89. The van der Waals surface area contributed by atoms with Gasteiger partial charge in [-0.3, -0.25) is 9.59 Å². The molecular weight excluding hydrogens is 425 g/mol. The van der Waals surface area contributed by atoms with Crippen molar-refractivity contribution in [1.82, 2.24) is 9.62 Å². The Hall–Kier alpha value is -2.55. The van der Waals surface area contributed by atoms with E-state index in [0.717, 1.165) is 0 Å². The topological polar surface area (TPSA) is 110 Å². The number of sulfonamides is 1. The minimum Gasteiger partial charge on any atom is -0.398 e. The predicted molar refractivity (Wildman–Crippen MR) is 107 cm³/mol. The molecule has 146 valence electrons. The molecule has 0 aromatic heterocycles. The average molecular weight is 440 g/mol. The van der Waals surface area contributed by atoms with Gasteiger partial charge in [0.05, 0.1) is 4.90 Å². The van der Waals surface area contributed by atoms with Gasteiger partial charge in [0.2, 0.25) is 5.91 Å². The first-order chi connectivity index (χ1) is 13.2. The van der Waals surface area contributed by atoms with Crippen molar-refractivity contribution in [2.75, 3.05) is 18.8 Å². The van der Waals surface area contributed by atoms with Crippen molar-refractivity contribution >= 4 is 56.8 Å². The highest BCUT2D eigenvalue weighted by Gasteiger charge is 2.35. The Morgan fingerprint density at radius 2 is 1.68 bits per heavy atom. The molecular formula is C18H15Cl2N3O4S. The van der Waals surface area contributed by atoms with Gasteiger partial charge in [0.25, 0.3) is 15.9 Å². The van der Waals surface area contributed by atoms with Gasteiger partial charge in [0.1, 0.15) is 6.54 Å². The lowest BCUT2D eigenvalue weighted by Crippen LogP contribution is -2.40. The summed E-state index contributed by atoms with van der Waals surface area (Å²) in [5.74, 6) is -1.43. The van der Waals surface area contributed by atoms with Gasteiger partial charge >= 0.3 is 0 Å². The number of carbonyl (C=O) groups excluding carboxylic acids is 2. The van der Waals surface area contributed by atoms with Crippen LogP contribution in [0.5, 0.6) is 0 Å². The summed E-state index contributed by atoms with van der Waals surface area (Å²) in [6.45, 7) is -0.775. The molecule has 0 aliphatic carbocycles. The number of nitrogens with zero attached hydrogens (tertiary/aromatic N) is 1. The summed E-state index contributed by atoms with van der Waals surface area (Å²) in [4.78, 5) is 24.8. The number of nitrogen functional groups attached to an aromatic ring is 1. The molecule has 3 N–H and O–H groups in total. The van der Waals surface area contributed by atoms with Crippen molar-refractivity contribution in [2.24, 2.45) is 0 Å². The second kappa shape index (κ2) is 7.83. The zero-order valence-electron chi connectivity index (χ0n) is 14.4. The number of nitrogens with one attached hydrogen (secondary N) is 1. The van der Waals surface area contributed by atoms with Gasteiger partial charge in [0, 0.05) is 27.9 Å². The van der Waals surface area contributed by atoms with Crippen LogP contribution < -0.4 is 11.1 Å². The van der Waals surface area contributed by atoms with E-state index in [-0.39, 0.29) is 17.0 Å². The predicted octanol–water partition coefficient (Wildman–Crippen LogP) is 2.31. The molecule has 28 heavy (non-hydrogen) atoms. The lowest BCUT2D eigenvalue weighted by molar-refractivity contribution is -0.127. The quantitative estimate of drug-likeness (QED) is 0.563. The fraction of sp³-hybridized carbons (Fsp3) is 0.111. The van der Waals surface area contributed by atoms with Crippen LogP contribution in [0.4, 0.5) is 5.69 Å². The molecule has 0 radical (unpaired) electrons. The van der Waals surface area contributed by atoms with Gasteiger partial charge in [-0.05, 0) is 54.1 Å². The summed E-state index contributed by atoms with van der Waals surface area (Å²) in [6, 6.07) is 10.0. The molecule has 0 unspecified atom stereocenters. The normalized spacial score (nSPS) is 16.8. The third-order valence-corrected chi connectivity index (χ3v) is 6.27. The molecule has 1 aliphatic rings. The Balaban J connectivity index is 2.05. The summed E-state index contributed by atoms with van der Waals surface area (Å²) < 4.78 is 26.4. The minimum absolute atomic E-state index is 0.0531. The standard InChI is InChI=1S/C18H15Cl2N3O4S/c19-13-1-4-15(5-2-13)28(26,27)23-10-17(24)22-9-12(18(23)25)7-11-8-14(20)3-6-16(11)21/h1-8H,9-10,21H2,(H,22,24). The summed E-state index contributed by atoms with van der Waals surface area (Å²) in [6.07, 6.45) is 1.42. The van der Waals surface area contributed by atoms with Crippen LogP contribution in [-0.2, 0) is 19.6 Å². The largest absolute Gasteiger partial charge is 0.398 e. The molecule has 1 heterocycles. The number of rotatable bonds is 3. The number of carbonyl (C=O) groups is 2. The van der Waals surface area contributed by atoms with Crippen LogP contribution in [0.25, 0.3) is 6.08 Å². The number of amides is 2. The maximum atomic E-state index is 13.0. The van der Waals surface area contributed by atoms with Crippen molar-refractivity contribution in [3.63, 3.8) is 0 Å². The summed E-state index contributed by atoms with van der Waals surface area (Å²) in [5, 5.41) is 3.26. The zero-order valence-corrected chi connectivity index (χ0v) is 16.7. The molecule has 1 fully saturated rings. The van der Waals surface area contributed by atoms with Gasteiger partial charge in [-0.25, -0.2) is 12.7 Å². The Bertz CT molecular complexity index is 1080. The number of benzene rings is 2. The number of hydrogen-bond donors (Lipinski definition) is 2. The highest BCUT2D eigenvalue weighted by Crippen LogP contribution is 2.24. The second-order valence-corrected chi connectivity index (χ2v) is 8.73. The molecule has 2 aromatic carbocycles. The van der Waals surface area contributed by atoms with Crippen molar-refractivity contribution in [3.05, 3.63) is 63.6 Å². The molecule has 2 aromatic rings. The SMILES string of the molecule is Nc1ccc(Cl)cc1C=C1CNC(=O)CN(S(=O)(=O)c2ccc(Cl)cc2)C1=O. The van der Waals surface area contributed by atoms with Crippen LogP contribution in [0.2, 0.25) is 10.0 Å². The first-order valence-corrected chi connectivity index (χ1v) is 10.2. The average Bonchev–Trinajstić information content (AvgIpc) is 2.79. The highest BCUT2D eigenvalue weighted by atomic mass is 35.5. The number of anilines is 1. The molecule has 0 saturated carbocycles. The van der Waals surface area contributed by atoms with E-state index in [1.54, 1.807) is 18.2 Å². The lowest BCUT2D eigenvalue weighted by Gasteiger charge is -2.20. The van der Waals surface area contributed by atoms with E-state index in [9.17, 15) is 18.0 Å². The molecule has 2 amide bonds. The van der Waals surface area contributed by atoms with Crippen LogP contribution in [0.1, 0.15) is 5.56 Å². The van der Waals surface area contributed by atoms with Crippen LogP contribution >= 0.6 is 23.2 Å². The fourth-order valence-electron chi connectivity index (χ4n) is 2.59. The first kappa shape index (κ1) is 20.2. The summed E-state index contributed by atoms with van der Waals surface area (Å²) >= 11 is 11.8. The Labute approximate surface area is 171 Å². The third-order valence-electron chi connectivity index (χ3n) is 4.04. The van der Waals surface area contributed by atoms with E-state index in [1.807, 2.05) is 0 Å². The van der Waals surface area contributed by atoms with E-state index >= 15 is 0 Å². The number of halogens is 2. The van der Waals surface area contributed by atoms with Gasteiger partial charge < -0.3 is 11.1 Å². The van der Waals surface area contributed by atoms with E-state index in [2.05, 4.69) is 5.32 Å². The van der Waals surface area contributed by atoms with Crippen LogP contribution in [0.3, 0.4) is 0 Å². The van der Waals surface area contributed by atoms with Gasteiger partial charge in [-0.1, -0.05) is 23.2 Å². The van der Waals surface area contributed by atoms with Crippen molar-refractivity contribution in [3.8, 4) is 0 Å². The fourth-order valence-corrected chi connectivity index (χ4v) is 4.25. The van der Waals surface area contributed by atoms with E-state index < -0.39 is 28.4 Å². The Morgan fingerprint density at radius 3 is 2.36 bits per heavy atom. The summed E-state index contributed by atoms with van der Waals surface area (Å²) in [7, 11) is -4.26. The van der Waals surface area contributed by atoms with Crippen LogP contribution in [0, 0.1) is 0 Å². The smallest absolute Gasteiger partial charge is 0.267 e. The van der Waals surface area contributed by atoms with E-state index in [4.69, 9.17) is 28.9 Å². The van der Waals surface area contributed by atoms with E-state index in [1.165, 1.54) is 30.3 Å². The Morgan fingerprint density at radius 1 is 1.04 bits per heavy atom. The third kappa shape index (κ3) is 4.14. The minimum atomic E-state index is -4.26. The molecule has 0 spiro atoms. The zero-order chi connectivity index (χ0) is 20.5. The molecule has 3 rings (SSSR count). The monoisotopic (exact) mass is 439 g/mol. The lowest BCUT2D eigenvalue weighted by atomic mass is 10.1. The van der Waals surface area contributed by atoms with Crippen molar-refractivity contribution < 1.29 is 18.0 Å². The molecule has 0 bridgehead atoms. The van der Waals surface area contributed by atoms with Gasteiger partial charge in [-0.15, -0.1) is 0 Å². The Kier molecular flexibility index (Phi) is 5.64. The molecule has 1 aliphatic heterocycles. The first-order valence-electron chi connectivity index (χ1n) is 8.03. The maximum absolute atomic E-state index is 13.0. The van der Waals surface area contributed by atoms with Crippen LogP contribution in [-0.4, -0.2) is 37.6 Å². The van der Waals surface area contributed by atoms with Crippen LogP contribution in [0.15, 0.2) is 52.9 Å². The second-order valence-electron chi connectivity index (χ2n) is 5.99. The van der Waals surface area contributed by atoms with Gasteiger partial charge in [0.15, 0.2) is 0 Å². The van der Waals surface area contributed by atoms with Crippen molar-refractivity contribution in [1.29, 1.82) is 0 Å². The molecule has 7 nitrogen and oxygen atoms in total. The molecule has 0 atom stereocenters. The van der Waals surface area contributed by atoms with Crippen molar-refractivity contribution in [2.45, 2.75) is 4.90 Å². The summed E-state index contributed by atoms with van der Waals surface area (Å²) in [5.41, 5.74) is 6.75. The number of hydrogen-bond acceptors (Lipinski definition) is 5. The molecule has 10 heteroatoms.